The Balaban J connectivity index is -0.0000000124. The summed E-state index contributed by atoms with van der Waals surface area (Å²) in [7, 11) is -28.4. The Morgan fingerprint density at radius 1 is 0.408 bits per heavy atom. The monoisotopic (exact) mass is 1410 g/mol. The molecule has 0 unspecified atom stereocenters. The molecule has 76 heavy (non-hydrogen) atoms. The van der Waals surface area contributed by atoms with Gasteiger partial charge in [0.25, 0.3) is 10.2 Å². The summed E-state index contributed by atoms with van der Waals surface area (Å²) >= 11 is 0. The van der Waals surface area contributed by atoms with Crippen molar-refractivity contribution in [1.82, 2.24) is 55.4 Å². The second-order valence-corrected chi connectivity index (χ2v) is 10.8. The molecule has 0 rings (SSSR count). The largest absolute Gasteiger partial charge is 2.00 e. The van der Waals surface area contributed by atoms with E-state index in [1.807, 2.05) is 0 Å². The molecule has 0 aromatic rings. The summed E-state index contributed by atoms with van der Waals surface area (Å²) in [6.07, 6.45) is -1.83. The smallest absolute Gasteiger partial charge is 0.759 e. The number of urea groups is 1. The number of carboxylic acid groups (broad SMARTS) is 2. The predicted molar refractivity (Wildman–Crippen MR) is 229 cm³/mol. The van der Waals surface area contributed by atoms with Crippen molar-refractivity contribution in [2.75, 3.05) is 0 Å². The molecule has 0 aromatic heterocycles. The Kier molecular flexibility index (Phi) is 277. The molecule has 0 aliphatic heterocycles. The Labute approximate surface area is 547 Å². The first kappa shape index (κ1) is 186. The second-order valence-electron chi connectivity index (χ2n) is 4.96. The van der Waals surface area contributed by atoms with E-state index in [-0.39, 0.29) is 224 Å². The Morgan fingerprint density at radius 3 is 0.408 bits per heavy atom. The van der Waals surface area contributed by atoms with Crippen LogP contribution in [-0.2, 0) is 39.1 Å². The molecular weight excluding hydrogens is 1360 g/mol. The standard InChI is InChI=1S/CH4N2O.CH2O3.2Ca.ClH.K.2HNO3.4NO3.9H3N.Na.4H3O4P.2H2O4S/c2*2-1(3)4;;;;;6*2-1(3)4;;;;;;;;;;;6*1-5(2,3)4/h(H4,2,3,4);(H2,2,3,4);;;1H;;2*(H,2,3,4);;;;;9*1H3;;4*(H3,1,2,3,4);2*(H2,1,2,3,4)/q;;2*+2;;+1;;;4*-1;;;;;;;;;;+1;;;;;;/p-2. The molecule has 464 valence electrons. The van der Waals surface area contributed by atoms with Crippen LogP contribution >= 0.6 is 43.7 Å². The second kappa shape index (κ2) is 113. The molecule has 0 aliphatic rings. The van der Waals surface area contributed by atoms with Crippen molar-refractivity contribution in [2.45, 2.75) is 0 Å². The van der Waals surface area contributed by atoms with Crippen molar-refractivity contribution in [3.8, 4) is 0 Å². The van der Waals surface area contributed by atoms with E-state index in [1.54, 1.807) is 0 Å². The maximum atomic E-state index is 9.00. The molecule has 0 fully saturated rings. The first-order chi connectivity index (χ1) is 25.9. The number of carbonyl (C=O) groups is 2. The van der Waals surface area contributed by atoms with E-state index >= 15 is 0 Å². The van der Waals surface area contributed by atoms with E-state index in [2.05, 4.69) is 11.5 Å². The first-order valence-electron chi connectivity index (χ1n) is 9.25. The number of hydrogen-bond acceptors (Lipinski definition) is 37. The van der Waals surface area contributed by atoms with Gasteiger partial charge in [-0.05, 0) is 0 Å². The average molecular weight is 1410 g/mol. The third-order valence-electron chi connectivity index (χ3n) is 0. The Hall–Kier alpha value is -0.994. The van der Waals surface area contributed by atoms with Gasteiger partial charge in [-0.25, -0.2) is 27.8 Å². The van der Waals surface area contributed by atoms with Crippen molar-refractivity contribution < 1.29 is 254 Å². The quantitative estimate of drug-likeness (QED) is 0.0267. The predicted octanol–water partition coefficient (Wildman–Crippen LogP) is -13.0. The number of hydrogen-bond donors (Lipinski definition) is 29. The topological polar surface area (TPSA) is 1300 Å². The molecular formula is C2H50Ca2ClKN17NaO46P4S2. The van der Waals surface area contributed by atoms with Crippen LogP contribution in [0.5, 0.6) is 0 Å². The zero-order valence-electron chi connectivity index (χ0n) is 37.1. The summed E-state index contributed by atoms with van der Waals surface area (Å²) in [5, 5.41) is 100. The maximum absolute atomic E-state index is 9.00. The van der Waals surface area contributed by atoms with E-state index in [1.165, 1.54) is 0 Å². The fraction of sp³-hybridized carbons (Fsp3) is 0. The molecule has 0 heterocycles. The van der Waals surface area contributed by atoms with Crippen LogP contribution in [-0.4, -0.2) is 233 Å². The number of rotatable bonds is 0. The number of nitrogens with two attached hydrogens (primary N) is 2. The van der Waals surface area contributed by atoms with Crippen LogP contribution in [0.2, 0.25) is 0 Å². The molecule has 0 radical (unpaired) electrons. The van der Waals surface area contributed by atoms with Gasteiger partial charge in [-0.15, -0.1) is 32.6 Å². The van der Waals surface area contributed by atoms with Gasteiger partial charge in [0.2, 0.25) is 0 Å². The zero-order valence-corrected chi connectivity index (χ0v) is 52.7. The number of halogens is 1. The molecule has 49 N–H and O–H groups in total. The van der Waals surface area contributed by atoms with E-state index in [4.69, 9.17) is 224 Å². The van der Waals surface area contributed by atoms with Crippen molar-refractivity contribution in [3.63, 3.8) is 0 Å². The van der Waals surface area contributed by atoms with Crippen LogP contribution in [0.4, 0.5) is 9.59 Å². The number of phosphoric acid groups is 4. The normalized spacial score (nSPS) is 7.16. The minimum absolute atomic E-state index is 0. The minimum atomic E-state index is -5.17. The van der Waals surface area contributed by atoms with Gasteiger partial charge in [-0.1, -0.05) is 0 Å². The number of amides is 2. The summed E-state index contributed by atoms with van der Waals surface area (Å²) in [5.74, 6) is 0. The molecule has 0 bridgehead atoms. The molecule has 2 amide bonds. The van der Waals surface area contributed by atoms with Gasteiger partial charge in [0.05, 0.1) is 20.3 Å². The van der Waals surface area contributed by atoms with E-state index in [0.717, 1.165) is 0 Å². The van der Waals surface area contributed by atoms with Gasteiger partial charge >= 0.3 is 210 Å². The zero-order chi connectivity index (χ0) is 55.6. The van der Waals surface area contributed by atoms with Crippen LogP contribution in [0, 0.1) is 81.5 Å². The first-order valence-corrected chi connectivity index (χ1v) is 18.2. The third kappa shape index (κ3) is 383000. The molecule has 0 aromatic carbocycles. The van der Waals surface area contributed by atoms with Crippen LogP contribution in [0.15, 0.2) is 0 Å². The molecule has 0 spiro atoms. The van der Waals surface area contributed by atoms with Crippen LogP contribution in [0.3, 0.4) is 0 Å². The fourth-order valence-electron chi connectivity index (χ4n) is 0. The van der Waals surface area contributed by atoms with Gasteiger partial charge in [0.15, 0.2) is 0 Å². The summed E-state index contributed by atoms with van der Waals surface area (Å²) in [5.41, 5.74) is 8.50. The molecule has 63 nitrogen and oxygen atoms in total. The number of nitrogens with zero attached hydrogens (tertiary/aromatic N) is 6. The SMILES string of the molecule is Cl.N.N.N.N.N.N.N.N.N.NC(N)=O.O=C(O)O.O=P(O)(O)O.O=P(O)(O)O.O=P(O)(O)O.O=P(O)(O)O.O=S(=O)(O)O.O=S(=O)([O-])[O-].O=[N+]([O-])O.O=[N+]([O-])O.O=[N+]([O-])[O-].O=[N+]([O-])[O-].O=[N+]([O-])[O-].O=[N+]([O-])[O-].[Ca+2].[Ca+2].[K+].[Na+]. The number of carbonyl (C=O) groups excluding carboxylic acids is 1. The van der Waals surface area contributed by atoms with Crippen molar-refractivity contribution in [2.24, 2.45) is 11.5 Å². The van der Waals surface area contributed by atoms with E-state index in [0.29, 0.717) is 0 Å². The van der Waals surface area contributed by atoms with E-state index < -0.39 is 94.8 Å². The Morgan fingerprint density at radius 2 is 0.408 bits per heavy atom. The van der Waals surface area contributed by atoms with E-state index in [9.17, 15) is 0 Å². The molecule has 0 saturated heterocycles. The molecule has 0 atom stereocenters. The molecule has 74 heteroatoms. The summed E-state index contributed by atoms with van der Waals surface area (Å²) in [4.78, 5) is 154. The third-order valence-corrected chi connectivity index (χ3v) is 0. The molecule has 0 saturated carbocycles. The summed E-state index contributed by atoms with van der Waals surface area (Å²) in [6, 6.07) is -0.833. The fourth-order valence-corrected chi connectivity index (χ4v) is 0. The van der Waals surface area contributed by atoms with Crippen molar-refractivity contribution in [3.05, 3.63) is 81.5 Å². The Bertz CT molecular complexity index is 1290. The minimum Gasteiger partial charge on any atom is -0.759 e. The van der Waals surface area contributed by atoms with Crippen LogP contribution in [0.1, 0.15) is 0 Å². The summed E-state index contributed by atoms with van der Waals surface area (Å²) < 4.78 is 101. The van der Waals surface area contributed by atoms with Gasteiger partial charge in [0, 0.05) is 10.4 Å². The van der Waals surface area contributed by atoms with Gasteiger partial charge in [0.1, 0.15) is 0 Å². The van der Waals surface area contributed by atoms with Crippen LogP contribution in [0.25, 0.3) is 0 Å². The summed E-state index contributed by atoms with van der Waals surface area (Å²) in [6.45, 7) is 0. The number of primary amides is 2. The molecule has 0 aliphatic carbocycles. The van der Waals surface area contributed by atoms with Crippen LogP contribution < -0.4 is 148 Å². The maximum Gasteiger partial charge on any atom is 2.00 e. The van der Waals surface area contributed by atoms with Gasteiger partial charge in [-0.2, -0.15) is 8.42 Å². The van der Waals surface area contributed by atoms with Crippen molar-refractivity contribution in [1.29, 1.82) is 0 Å². The average Bonchev–Trinajstić information content (AvgIpc) is 2.68. The van der Waals surface area contributed by atoms with Crippen molar-refractivity contribution >= 4 is 152 Å². The van der Waals surface area contributed by atoms with Gasteiger partial charge in [-0.3, -0.25) is 17.5 Å². The van der Waals surface area contributed by atoms with Gasteiger partial charge < -0.3 is 217 Å².